The molecule has 0 atom stereocenters. The van der Waals surface area contributed by atoms with Gasteiger partial charge in [0.1, 0.15) is 12.1 Å². The lowest BCUT2D eigenvalue weighted by atomic mass is 9.79. The number of imidazole rings is 1. The number of carbonyl (C=O) groups excluding carboxylic acids is 1. The normalized spacial score (nSPS) is 18.7. The summed E-state index contributed by atoms with van der Waals surface area (Å²) in [5, 5.41) is 3.06. The third-order valence-corrected chi connectivity index (χ3v) is 6.50. The summed E-state index contributed by atoms with van der Waals surface area (Å²) in [6, 6.07) is 9.86. The molecule has 5 rings (SSSR count). The molecule has 1 N–H and O–H groups in total. The summed E-state index contributed by atoms with van der Waals surface area (Å²) >= 11 is 0. The number of amides is 1. The second-order valence-corrected chi connectivity index (χ2v) is 8.59. The molecule has 0 radical (unpaired) electrons. The Bertz CT molecular complexity index is 1190. The SMILES string of the molecule is Cc1cc(-c2cccnc2)nc2c(C(=O)NCCC3CCC(c4ccco4)CC3)ncn12. The van der Waals surface area contributed by atoms with Gasteiger partial charge in [-0.05, 0) is 75.3 Å². The van der Waals surface area contributed by atoms with E-state index in [9.17, 15) is 4.79 Å². The van der Waals surface area contributed by atoms with Crippen LogP contribution in [0.4, 0.5) is 0 Å². The van der Waals surface area contributed by atoms with Gasteiger partial charge in [-0.15, -0.1) is 0 Å². The lowest BCUT2D eigenvalue weighted by Gasteiger charge is -2.27. The largest absolute Gasteiger partial charge is 0.469 e. The van der Waals surface area contributed by atoms with Crippen LogP contribution in [0.3, 0.4) is 0 Å². The smallest absolute Gasteiger partial charge is 0.273 e. The minimum atomic E-state index is -0.174. The first-order valence-electron chi connectivity index (χ1n) is 11.3. The van der Waals surface area contributed by atoms with Crippen molar-refractivity contribution in [3.05, 3.63) is 72.5 Å². The standard InChI is InChI=1S/C25H27N5O2/c1-17-14-21(20-4-2-11-26-15-20)29-24-23(28-16-30(17)24)25(31)27-12-10-18-6-8-19(9-7-18)22-5-3-13-32-22/h2-5,11,13-16,18-19H,6-10,12H2,1H3,(H,27,31). The zero-order valence-corrected chi connectivity index (χ0v) is 18.2. The van der Waals surface area contributed by atoms with Crippen LogP contribution in [0, 0.1) is 12.8 Å². The predicted molar refractivity (Wildman–Crippen MR) is 121 cm³/mol. The minimum Gasteiger partial charge on any atom is -0.469 e. The minimum absolute atomic E-state index is 0.174. The van der Waals surface area contributed by atoms with Crippen LogP contribution in [0.1, 0.15) is 60.0 Å². The number of hydrogen-bond donors (Lipinski definition) is 1. The molecule has 7 nitrogen and oxygen atoms in total. The van der Waals surface area contributed by atoms with Crippen molar-refractivity contribution in [2.75, 3.05) is 6.54 Å². The molecule has 1 fully saturated rings. The molecule has 7 heteroatoms. The van der Waals surface area contributed by atoms with Crippen molar-refractivity contribution in [2.45, 2.75) is 44.9 Å². The zero-order valence-electron chi connectivity index (χ0n) is 18.2. The third kappa shape index (κ3) is 4.15. The molecule has 1 saturated carbocycles. The van der Waals surface area contributed by atoms with Crippen LogP contribution in [-0.4, -0.2) is 31.8 Å². The molecule has 4 aromatic rings. The number of furan rings is 1. The molecular formula is C25H27N5O2. The average molecular weight is 430 g/mol. The van der Waals surface area contributed by atoms with Gasteiger partial charge >= 0.3 is 0 Å². The molecule has 0 aromatic carbocycles. The van der Waals surface area contributed by atoms with Crippen LogP contribution < -0.4 is 5.32 Å². The zero-order chi connectivity index (χ0) is 21.9. The van der Waals surface area contributed by atoms with Crippen molar-refractivity contribution in [3.8, 4) is 11.3 Å². The van der Waals surface area contributed by atoms with Crippen LogP contribution in [0.2, 0.25) is 0 Å². The Kier molecular flexibility index (Phi) is 5.71. The van der Waals surface area contributed by atoms with Crippen LogP contribution in [0.15, 0.2) is 59.7 Å². The van der Waals surface area contributed by atoms with Gasteiger partial charge in [-0.2, -0.15) is 0 Å². The van der Waals surface area contributed by atoms with Gasteiger partial charge < -0.3 is 9.73 Å². The molecule has 0 spiro atoms. The number of aromatic nitrogens is 4. The van der Waals surface area contributed by atoms with Crippen LogP contribution in [-0.2, 0) is 0 Å². The summed E-state index contributed by atoms with van der Waals surface area (Å²) in [5.41, 5.74) is 3.59. The highest BCUT2D eigenvalue weighted by Gasteiger charge is 2.24. The van der Waals surface area contributed by atoms with Crippen molar-refractivity contribution >= 4 is 11.6 Å². The molecule has 164 valence electrons. The maximum absolute atomic E-state index is 12.9. The summed E-state index contributed by atoms with van der Waals surface area (Å²) in [5.74, 6) is 2.11. The van der Waals surface area contributed by atoms with E-state index < -0.39 is 0 Å². The highest BCUT2D eigenvalue weighted by Crippen LogP contribution is 2.37. The monoisotopic (exact) mass is 429 g/mol. The molecule has 4 heterocycles. The van der Waals surface area contributed by atoms with Crippen LogP contribution in [0.25, 0.3) is 16.9 Å². The summed E-state index contributed by atoms with van der Waals surface area (Å²) in [6.07, 6.45) is 12.5. The van der Waals surface area contributed by atoms with E-state index in [2.05, 4.69) is 21.4 Å². The van der Waals surface area contributed by atoms with E-state index in [-0.39, 0.29) is 5.91 Å². The second kappa shape index (κ2) is 8.94. The molecule has 0 unspecified atom stereocenters. The van der Waals surface area contributed by atoms with E-state index in [0.717, 1.165) is 42.0 Å². The quantitative estimate of drug-likeness (QED) is 0.476. The van der Waals surface area contributed by atoms with Crippen molar-refractivity contribution < 1.29 is 9.21 Å². The second-order valence-electron chi connectivity index (χ2n) is 8.59. The van der Waals surface area contributed by atoms with Gasteiger partial charge in [0.25, 0.3) is 5.91 Å². The Morgan fingerprint density at radius 2 is 2.09 bits per heavy atom. The molecule has 1 amide bonds. The van der Waals surface area contributed by atoms with Crippen molar-refractivity contribution in [3.63, 3.8) is 0 Å². The number of nitrogens with zero attached hydrogens (tertiary/aromatic N) is 4. The third-order valence-electron chi connectivity index (χ3n) is 6.50. The first-order chi connectivity index (χ1) is 15.7. The lowest BCUT2D eigenvalue weighted by Crippen LogP contribution is -2.27. The number of carbonyl (C=O) groups is 1. The highest BCUT2D eigenvalue weighted by molar-refractivity contribution is 5.98. The maximum atomic E-state index is 12.9. The predicted octanol–water partition coefficient (Wildman–Crippen LogP) is 4.79. The molecule has 0 bridgehead atoms. The summed E-state index contributed by atoms with van der Waals surface area (Å²) < 4.78 is 7.42. The van der Waals surface area contributed by atoms with Crippen molar-refractivity contribution in [1.82, 2.24) is 24.7 Å². The summed E-state index contributed by atoms with van der Waals surface area (Å²) in [7, 11) is 0. The number of pyridine rings is 1. The van der Waals surface area contributed by atoms with Gasteiger partial charge in [-0.1, -0.05) is 0 Å². The van der Waals surface area contributed by atoms with Gasteiger partial charge in [-0.25, -0.2) is 9.97 Å². The van der Waals surface area contributed by atoms with Gasteiger partial charge in [0, 0.05) is 36.1 Å². The topological polar surface area (TPSA) is 85.3 Å². The van der Waals surface area contributed by atoms with E-state index in [1.165, 1.54) is 12.8 Å². The Balaban J connectivity index is 1.21. The van der Waals surface area contributed by atoms with Gasteiger partial charge in [-0.3, -0.25) is 14.2 Å². The number of rotatable bonds is 6. The van der Waals surface area contributed by atoms with E-state index >= 15 is 0 Å². The summed E-state index contributed by atoms with van der Waals surface area (Å²) in [6.45, 7) is 2.63. The highest BCUT2D eigenvalue weighted by atomic mass is 16.3. The maximum Gasteiger partial charge on any atom is 0.273 e. The number of fused-ring (bicyclic) bond motifs is 1. The Morgan fingerprint density at radius 3 is 2.84 bits per heavy atom. The Labute approximate surface area is 186 Å². The van der Waals surface area contributed by atoms with Crippen LogP contribution in [0.5, 0.6) is 0 Å². The molecular weight excluding hydrogens is 402 g/mol. The van der Waals surface area contributed by atoms with Crippen molar-refractivity contribution in [2.24, 2.45) is 5.92 Å². The molecule has 1 aliphatic rings. The molecule has 4 aromatic heterocycles. The number of hydrogen-bond acceptors (Lipinski definition) is 5. The summed E-state index contributed by atoms with van der Waals surface area (Å²) in [4.78, 5) is 26.1. The van der Waals surface area contributed by atoms with Crippen LogP contribution >= 0.6 is 0 Å². The van der Waals surface area contributed by atoms with Crippen molar-refractivity contribution in [1.29, 1.82) is 0 Å². The molecule has 0 aliphatic heterocycles. The Morgan fingerprint density at radius 1 is 1.22 bits per heavy atom. The molecule has 1 aliphatic carbocycles. The van der Waals surface area contributed by atoms with E-state index in [0.29, 0.717) is 29.7 Å². The first-order valence-corrected chi connectivity index (χ1v) is 11.3. The Hall–Kier alpha value is -3.48. The van der Waals surface area contributed by atoms with Gasteiger partial charge in [0.2, 0.25) is 0 Å². The van der Waals surface area contributed by atoms with E-state index in [1.807, 2.05) is 35.6 Å². The molecule has 0 saturated heterocycles. The number of aryl methyl sites for hydroxylation is 1. The fraction of sp³-hybridized carbons (Fsp3) is 0.360. The van der Waals surface area contributed by atoms with E-state index in [4.69, 9.17) is 9.40 Å². The fourth-order valence-corrected chi connectivity index (χ4v) is 4.68. The lowest BCUT2D eigenvalue weighted by molar-refractivity contribution is 0.0947. The fourth-order valence-electron chi connectivity index (χ4n) is 4.68. The van der Waals surface area contributed by atoms with Gasteiger partial charge in [0.05, 0.1) is 12.0 Å². The first kappa shape index (κ1) is 20.4. The number of nitrogens with one attached hydrogen (secondary N) is 1. The van der Waals surface area contributed by atoms with Gasteiger partial charge in [0.15, 0.2) is 11.3 Å². The molecule has 32 heavy (non-hydrogen) atoms. The average Bonchev–Trinajstić information content (AvgIpc) is 3.51. The van der Waals surface area contributed by atoms with E-state index in [1.54, 1.807) is 25.0 Å².